The monoisotopic (exact) mass is 192 g/mol. The van der Waals surface area contributed by atoms with E-state index in [1.54, 1.807) is 0 Å². The number of ether oxygens (including phenoxy) is 2. The molecule has 0 bridgehead atoms. The Morgan fingerprint density at radius 1 is 1.46 bits per heavy atom. The fourth-order valence-corrected chi connectivity index (χ4v) is 0.454. The lowest BCUT2D eigenvalue weighted by Gasteiger charge is -2.02. The van der Waals surface area contributed by atoms with Crippen LogP contribution in [0.4, 0.5) is 4.39 Å². The standard InChI is InChI=1S/C6H9FN2O4/c1-11-5(8)4(6(10)12-2)9-13-3-7/h8H,3H2,1-2H3/b8-5?,9-4-. The number of carbonyl (C=O) groups is 1. The zero-order chi connectivity index (χ0) is 10.3. The molecule has 0 aliphatic heterocycles. The highest BCUT2D eigenvalue weighted by atomic mass is 19.1. The summed E-state index contributed by atoms with van der Waals surface area (Å²) in [4.78, 5) is 14.8. The second-order valence-corrected chi connectivity index (χ2v) is 1.70. The van der Waals surface area contributed by atoms with E-state index in [1.807, 2.05) is 0 Å². The molecule has 0 aromatic heterocycles. The van der Waals surface area contributed by atoms with Gasteiger partial charge in [-0.25, -0.2) is 9.18 Å². The number of nitrogens with zero attached hydrogens (tertiary/aromatic N) is 1. The van der Waals surface area contributed by atoms with Crippen LogP contribution in [0.3, 0.4) is 0 Å². The molecule has 0 radical (unpaired) electrons. The zero-order valence-electron chi connectivity index (χ0n) is 7.17. The first-order chi connectivity index (χ1) is 6.17. The average molecular weight is 192 g/mol. The second-order valence-electron chi connectivity index (χ2n) is 1.70. The molecule has 0 rings (SSSR count). The molecule has 6 nitrogen and oxygen atoms in total. The molecule has 0 amide bonds. The number of nitrogens with one attached hydrogen (secondary N) is 1. The van der Waals surface area contributed by atoms with Crippen molar-refractivity contribution in [3.63, 3.8) is 0 Å². The highest BCUT2D eigenvalue weighted by molar-refractivity contribution is 6.63. The molecule has 0 aliphatic rings. The fraction of sp³-hybridized carbons (Fsp3) is 0.500. The van der Waals surface area contributed by atoms with Crippen LogP contribution in [-0.2, 0) is 19.1 Å². The normalized spacial score (nSPS) is 10.5. The molecule has 0 heterocycles. The van der Waals surface area contributed by atoms with Gasteiger partial charge in [-0.3, -0.25) is 5.41 Å². The first-order valence-corrected chi connectivity index (χ1v) is 3.14. The number of alkyl halides is 1. The Morgan fingerprint density at radius 2 is 2.08 bits per heavy atom. The second kappa shape index (κ2) is 5.92. The van der Waals surface area contributed by atoms with Crippen LogP contribution < -0.4 is 0 Å². The van der Waals surface area contributed by atoms with Gasteiger partial charge in [-0.15, -0.1) is 0 Å². The summed E-state index contributed by atoms with van der Waals surface area (Å²) < 4.78 is 20.1. The summed E-state index contributed by atoms with van der Waals surface area (Å²) >= 11 is 0. The molecule has 1 N–H and O–H groups in total. The summed E-state index contributed by atoms with van der Waals surface area (Å²) in [5.41, 5.74) is -0.525. The van der Waals surface area contributed by atoms with Gasteiger partial charge in [0.25, 0.3) is 6.86 Å². The summed E-state index contributed by atoms with van der Waals surface area (Å²) in [6.07, 6.45) is 0. The Morgan fingerprint density at radius 3 is 2.46 bits per heavy atom. The van der Waals surface area contributed by atoms with Crippen LogP contribution >= 0.6 is 0 Å². The average Bonchev–Trinajstić information content (AvgIpc) is 2.17. The first kappa shape index (κ1) is 11.3. The van der Waals surface area contributed by atoms with Crippen LogP contribution in [-0.4, -0.2) is 38.7 Å². The third-order valence-corrected chi connectivity index (χ3v) is 1.00. The van der Waals surface area contributed by atoms with E-state index < -0.39 is 24.4 Å². The minimum Gasteiger partial charge on any atom is -0.480 e. The third kappa shape index (κ3) is 3.50. The van der Waals surface area contributed by atoms with E-state index in [-0.39, 0.29) is 0 Å². The van der Waals surface area contributed by atoms with Crippen molar-refractivity contribution in [2.45, 2.75) is 0 Å². The van der Waals surface area contributed by atoms with E-state index in [2.05, 4.69) is 19.5 Å². The number of carbonyl (C=O) groups excluding carboxylic acids is 1. The van der Waals surface area contributed by atoms with Crippen LogP contribution in [0.15, 0.2) is 5.16 Å². The maximum absolute atomic E-state index is 11.5. The third-order valence-electron chi connectivity index (χ3n) is 1.00. The van der Waals surface area contributed by atoms with Crippen molar-refractivity contribution >= 4 is 17.6 Å². The number of methoxy groups -OCH3 is 2. The maximum Gasteiger partial charge on any atom is 0.365 e. The van der Waals surface area contributed by atoms with Crippen LogP contribution in [0.1, 0.15) is 0 Å². The van der Waals surface area contributed by atoms with E-state index >= 15 is 0 Å². The first-order valence-electron chi connectivity index (χ1n) is 3.14. The van der Waals surface area contributed by atoms with E-state index in [0.29, 0.717) is 0 Å². The lowest BCUT2D eigenvalue weighted by atomic mass is 10.4. The van der Waals surface area contributed by atoms with E-state index in [9.17, 15) is 9.18 Å². The van der Waals surface area contributed by atoms with Crippen molar-refractivity contribution in [3.8, 4) is 0 Å². The smallest absolute Gasteiger partial charge is 0.365 e. The van der Waals surface area contributed by atoms with Gasteiger partial charge in [-0.2, -0.15) is 0 Å². The molecule has 0 spiro atoms. The molecular weight excluding hydrogens is 183 g/mol. The van der Waals surface area contributed by atoms with Crippen molar-refractivity contribution in [2.24, 2.45) is 5.16 Å². The SMILES string of the molecule is COC(=N)/C(=N/OCF)C(=O)OC. The number of rotatable bonds is 4. The largest absolute Gasteiger partial charge is 0.480 e. The number of hydrogen-bond donors (Lipinski definition) is 1. The Balaban J connectivity index is 4.54. The molecule has 0 saturated carbocycles. The molecule has 74 valence electrons. The Kier molecular flexibility index (Phi) is 5.17. The topological polar surface area (TPSA) is 81.0 Å². The van der Waals surface area contributed by atoms with Gasteiger partial charge < -0.3 is 14.3 Å². The molecule has 13 heavy (non-hydrogen) atoms. The molecule has 0 unspecified atom stereocenters. The molecule has 0 fully saturated rings. The molecule has 0 saturated heterocycles. The minimum atomic E-state index is -1.20. The number of hydrogen-bond acceptors (Lipinski definition) is 6. The Labute approximate surface area is 73.8 Å². The summed E-state index contributed by atoms with van der Waals surface area (Å²) in [6.45, 7) is -1.20. The maximum atomic E-state index is 11.5. The van der Waals surface area contributed by atoms with Crippen LogP contribution in [0.25, 0.3) is 0 Å². The van der Waals surface area contributed by atoms with Crippen molar-refractivity contribution in [1.29, 1.82) is 5.41 Å². The van der Waals surface area contributed by atoms with E-state index in [4.69, 9.17) is 5.41 Å². The molecular formula is C6H9FN2O4. The highest BCUT2D eigenvalue weighted by Crippen LogP contribution is 1.90. The summed E-state index contributed by atoms with van der Waals surface area (Å²) in [6, 6.07) is 0. The molecule has 0 aromatic rings. The predicted molar refractivity (Wildman–Crippen MR) is 41.2 cm³/mol. The van der Waals surface area contributed by atoms with E-state index in [1.165, 1.54) is 0 Å². The van der Waals surface area contributed by atoms with Gasteiger partial charge in [0.05, 0.1) is 14.2 Å². The van der Waals surface area contributed by atoms with Crippen molar-refractivity contribution < 1.29 is 23.5 Å². The lowest BCUT2D eigenvalue weighted by Crippen LogP contribution is -2.26. The number of esters is 1. The quantitative estimate of drug-likeness (QED) is 0.296. The van der Waals surface area contributed by atoms with Gasteiger partial charge in [0, 0.05) is 0 Å². The summed E-state index contributed by atoms with van der Waals surface area (Å²) in [5, 5.41) is 10.1. The lowest BCUT2D eigenvalue weighted by molar-refractivity contribution is -0.132. The fourth-order valence-electron chi connectivity index (χ4n) is 0.454. The molecule has 7 heteroatoms. The molecule has 0 aliphatic carbocycles. The zero-order valence-corrected chi connectivity index (χ0v) is 7.17. The van der Waals surface area contributed by atoms with Gasteiger partial charge in [0.2, 0.25) is 11.6 Å². The molecule has 0 atom stereocenters. The van der Waals surface area contributed by atoms with Crippen LogP contribution in [0, 0.1) is 5.41 Å². The van der Waals surface area contributed by atoms with E-state index in [0.717, 1.165) is 14.2 Å². The number of oxime groups is 1. The predicted octanol–water partition coefficient (Wildman–Crippen LogP) is 0.0827. The van der Waals surface area contributed by atoms with Crippen molar-refractivity contribution in [2.75, 3.05) is 21.1 Å². The van der Waals surface area contributed by atoms with Gasteiger partial charge in [0.1, 0.15) is 0 Å². The van der Waals surface area contributed by atoms with Gasteiger partial charge in [-0.05, 0) is 0 Å². The van der Waals surface area contributed by atoms with Crippen LogP contribution in [0.2, 0.25) is 0 Å². The Bertz CT molecular complexity index is 211. The van der Waals surface area contributed by atoms with Gasteiger partial charge in [-0.1, -0.05) is 5.16 Å². The van der Waals surface area contributed by atoms with Gasteiger partial charge >= 0.3 is 5.97 Å². The van der Waals surface area contributed by atoms with Crippen molar-refractivity contribution in [1.82, 2.24) is 0 Å². The minimum absolute atomic E-state index is 0.525. The van der Waals surface area contributed by atoms with Crippen molar-refractivity contribution in [3.05, 3.63) is 0 Å². The number of halogens is 1. The molecule has 0 aromatic carbocycles. The summed E-state index contributed by atoms with van der Waals surface area (Å²) in [7, 11) is 2.26. The highest BCUT2D eigenvalue weighted by Gasteiger charge is 2.19. The van der Waals surface area contributed by atoms with Crippen LogP contribution in [0.5, 0.6) is 0 Å². The Hall–Kier alpha value is -1.66. The summed E-state index contributed by atoms with van der Waals surface area (Å²) in [5.74, 6) is -1.49. The van der Waals surface area contributed by atoms with Gasteiger partial charge in [0.15, 0.2) is 0 Å².